The Labute approximate surface area is 201 Å². The van der Waals surface area contributed by atoms with Crippen LogP contribution in [0.1, 0.15) is 32.1 Å². The summed E-state index contributed by atoms with van der Waals surface area (Å²) >= 11 is 6.06. The third-order valence-electron chi connectivity index (χ3n) is 4.59. The van der Waals surface area contributed by atoms with Gasteiger partial charge < -0.3 is 20.7 Å². The number of aromatic nitrogens is 3. The van der Waals surface area contributed by atoms with E-state index in [9.17, 15) is 27.6 Å². The summed E-state index contributed by atoms with van der Waals surface area (Å²) in [6.07, 6.45) is -4.34. The number of alkyl halides is 3. The standard InChI is InChI=1S/C21H18ClF3N6O4/c1-11-5-3-7-13(16(11)19(33)27-10-28-20(34)35-2)29-18(32)14-9-15(21(23,24)25)30-31(14)17-12(22)6-4-8-26-17/h3-9H,10H2,1-2H3,(H,27,33)(H,28,34)(H,29,32). The Morgan fingerprint density at radius 3 is 2.51 bits per heavy atom. The first-order chi connectivity index (χ1) is 16.5. The van der Waals surface area contributed by atoms with Crippen LogP contribution in [0.25, 0.3) is 5.82 Å². The van der Waals surface area contributed by atoms with Crippen LogP contribution >= 0.6 is 11.6 Å². The van der Waals surface area contributed by atoms with Gasteiger partial charge in [0.15, 0.2) is 11.5 Å². The minimum atomic E-state index is -4.84. The smallest absolute Gasteiger partial charge is 0.435 e. The predicted molar refractivity (Wildman–Crippen MR) is 118 cm³/mol. The second kappa shape index (κ2) is 10.4. The van der Waals surface area contributed by atoms with Crippen molar-refractivity contribution in [1.29, 1.82) is 0 Å². The zero-order valence-corrected chi connectivity index (χ0v) is 19.0. The van der Waals surface area contributed by atoms with Gasteiger partial charge in [0.2, 0.25) is 0 Å². The Morgan fingerprint density at radius 2 is 1.86 bits per heavy atom. The number of hydrogen-bond acceptors (Lipinski definition) is 6. The number of rotatable bonds is 6. The van der Waals surface area contributed by atoms with E-state index in [-0.39, 0.29) is 28.8 Å². The van der Waals surface area contributed by atoms with E-state index in [2.05, 4.69) is 30.8 Å². The summed E-state index contributed by atoms with van der Waals surface area (Å²) in [6.45, 7) is 1.32. The molecule has 35 heavy (non-hydrogen) atoms. The summed E-state index contributed by atoms with van der Waals surface area (Å²) in [6, 6.07) is 7.93. The van der Waals surface area contributed by atoms with Gasteiger partial charge in [0.25, 0.3) is 11.8 Å². The average molecular weight is 511 g/mol. The van der Waals surface area contributed by atoms with Crippen molar-refractivity contribution < 1.29 is 32.3 Å². The molecule has 0 fully saturated rings. The van der Waals surface area contributed by atoms with Crippen LogP contribution in [0.3, 0.4) is 0 Å². The molecule has 0 aliphatic heterocycles. The highest BCUT2D eigenvalue weighted by Crippen LogP contribution is 2.31. The number of carbonyl (C=O) groups is 3. The van der Waals surface area contributed by atoms with Crippen molar-refractivity contribution in [2.24, 2.45) is 0 Å². The largest absolute Gasteiger partial charge is 0.453 e. The number of alkyl carbamates (subject to hydrolysis) is 1. The second-order valence-corrected chi connectivity index (χ2v) is 7.34. The van der Waals surface area contributed by atoms with Gasteiger partial charge in [-0.1, -0.05) is 23.7 Å². The molecule has 0 aliphatic carbocycles. The molecular formula is C21H18ClF3N6O4. The fourth-order valence-electron chi connectivity index (χ4n) is 2.99. The summed E-state index contributed by atoms with van der Waals surface area (Å²) in [5, 5.41) is 10.6. The first-order valence-electron chi connectivity index (χ1n) is 9.82. The number of amides is 3. The Morgan fingerprint density at radius 1 is 1.11 bits per heavy atom. The first kappa shape index (κ1) is 25.5. The number of halogens is 4. The van der Waals surface area contributed by atoms with Crippen LogP contribution in [0, 0.1) is 6.92 Å². The first-order valence-corrected chi connectivity index (χ1v) is 10.2. The molecule has 3 aromatic rings. The summed E-state index contributed by atoms with van der Waals surface area (Å²) in [7, 11) is 1.15. The summed E-state index contributed by atoms with van der Waals surface area (Å²) in [5.41, 5.74) is -1.35. The van der Waals surface area contributed by atoms with Crippen LogP contribution < -0.4 is 16.0 Å². The maximum absolute atomic E-state index is 13.4. The number of carbonyl (C=O) groups excluding carboxylic acids is 3. The molecule has 0 unspecified atom stereocenters. The number of benzene rings is 1. The van der Waals surface area contributed by atoms with Gasteiger partial charge >= 0.3 is 12.3 Å². The molecule has 10 nitrogen and oxygen atoms in total. The monoisotopic (exact) mass is 510 g/mol. The van der Waals surface area contributed by atoms with E-state index in [0.717, 1.165) is 7.11 Å². The molecule has 0 bridgehead atoms. The quantitative estimate of drug-likeness (QED) is 0.435. The molecule has 0 saturated heterocycles. The van der Waals surface area contributed by atoms with E-state index in [1.54, 1.807) is 19.1 Å². The molecule has 0 radical (unpaired) electrons. The molecule has 2 heterocycles. The van der Waals surface area contributed by atoms with E-state index in [1.165, 1.54) is 24.4 Å². The van der Waals surface area contributed by atoms with Gasteiger partial charge in [-0.05, 0) is 30.7 Å². The normalized spacial score (nSPS) is 11.0. The molecule has 0 spiro atoms. The number of ether oxygens (including phenoxy) is 1. The predicted octanol–water partition coefficient (Wildman–Crippen LogP) is 3.54. The van der Waals surface area contributed by atoms with Crippen LogP contribution in [-0.2, 0) is 10.9 Å². The van der Waals surface area contributed by atoms with Crippen molar-refractivity contribution in [2.75, 3.05) is 19.1 Å². The van der Waals surface area contributed by atoms with E-state index >= 15 is 0 Å². The number of nitrogens with zero attached hydrogens (tertiary/aromatic N) is 3. The molecule has 3 amide bonds. The van der Waals surface area contributed by atoms with Crippen molar-refractivity contribution >= 4 is 35.2 Å². The molecule has 14 heteroatoms. The highest BCUT2D eigenvalue weighted by Gasteiger charge is 2.36. The van der Waals surface area contributed by atoms with Crippen LogP contribution in [0.5, 0.6) is 0 Å². The van der Waals surface area contributed by atoms with Gasteiger partial charge in [-0.25, -0.2) is 14.5 Å². The van der Waals surface area contributed by atoms with Gasteiger partial charge in [0.05, 0.1) is 30.1 Å². The van der Waals surface area contributed by atoms with E-state index < -0.39 is 35.5 Å². The Kier molecular flexibility index (Phi) is 7.59. The van der Waals surface area contributed by atoms with Crippen LogP contribution in [0.2, 0.25) is 5.02 Å². The number of aryl methyl sites for hydroxylation is 1. The molecule has 2 aromatic heterocycles. The highest BCUT2D eigenvalue weighted by molar-refractivity contribution is 6.32. The second-order valence-electron chi connectivity index (χ2n) is 6.94. The van der Waals surface area contributed by atoms with Crippen molar-refractivity contribution in [3.8, 4) is 5.82 Å². The van der Waals surface area contributed by atoms with Gasteiger partial charge in [0, 0.05) is 12.3 Å². The summed E-state index contributed by atoms with van der Waals surface area (Å²) in [4.78, 5) is 40.9. The lowest BCUT2D eigenvalue weighted by Crippen LogP contribution is -2.37. The lowest BCUT2D eigenvalue weighted by atomic mass is 10.1. The Hall–Kier alpha value is -4.13. The van der Waals surface area contributed by atoms with Crippen LogP contribution in [0.4, 0.5) is 23.7 Å². The topological polar surface area (TPSA) is 127 Å². The van der Waals surface area contributed by atoms with E-state index in [1.807, 2.05) is 0 Å². The van der Waals surface area contributed by atoms with Crippen LogP contribution in [0.15, 0.2) is 42.6 Å². The molecule has 0 aliphatic rings. The molecule has 3 rings (SSSR count). The van der Waals surface area contributed by atoms with Gasteiger partial charge in [0.1, 0.15) is 5.69 Å². The van der Waals surface area contributed by atoms with Crippen molar-refractivity contribution in [2.45, 2.75) is 13.1 Å². The zero-order chi connectivity index (χ0) is 25.8. The van der Waals surface area contributed by atoms with Gasteiger partial charge in [-0.2, -0.15) is 18.3 Å². The van der Waals surface area contributed by atoms with Crippen molar-refractivity contribution in [3.05, 3.63) is 70.1 Å². The lowest BCUT2D eigenvalue weighted by Gasteiger charge is -2.14. The van der Waals surface area contributed by atoms with Gasteiger partial charge in [-0.15, -0.1) is 0 Å². The van der Waals surface area contributed by atoms with Crippen molar-refractivity contribution in [1.82, 2.24) is 25.4 Å². The van der Waals surface area contributed by atoms with Crippen molar-refractivity contribution in [3.63, 3.8) is 0 Å². The molecular weight excluding hydrogens is 493 g/mol. The third kappa shape index (κ3) is 5.87. The third-order valence-corrected chi connectivity index (χ3v) is 4.88. The SMILES string of the molecule is COC(=O)NCNC(=O)c1c(C)cccc1NC(=O)c1cc(C(F)(F)F)nn1-c1ncccc1Cl. The fourth-order valence-corrected chi connectivity index (χ4v) is 3.19. The molecule has 184 valence electrons. The average Bonchev–Trinajstić information content (AvgIpc) is 3.25. The summed E-state index contributed by atoms with van der Waals surface area (Å²) in [5.74, 6) is -1.85. The molecule has 3 N–H and O–H groups in total. The minimum absolute atomic E-state index is 0.0130. The Bertz CT molecular complexity index is 1280. The van der Waals surface area contributed by atoms with E-state index in [4.69, 9.17) is 11.6 Å². The van der Waals surface area contributed by atoms with Gasteiger partial charge in [-0.3, -0.25) is 9.59 Å². The molecule has 1 aromatic carbocycles. The number of anilines is 1. The highest BCUT2D eigenvalue weighted by atomic mass is 35.5. The summed E-state index contributed by atoms with van der Waals surface area (Å²) < 4.78 is 45.2. The minimum Gasteiger partial charge on any atom is -0.453 e. The number of methoxy groups -OCH3 is 1. The fraction of sp³-hybridized carbons (Fsp3) is 0.190. The zero-order valence-electron chi connectivity index (χ0n) is 18.2. The molecule has 0 atom stereocenters. The number of nitrogens with one attached hydrogen (secondary N) is 3. The van der Waals surface area contributed by atoms with E-state index in [0.29, 0.717) is 16.3 Å². The lowest BCUT2D eigenvalue weighted by molar-refractivity contribution is -0.141. The maximum atomic E-state index is 13.4. The van der Waals surface area contributed by atoms with Crippen LogP contribution in [-0.4, -0.2) is 46.5 Å². The Balaban J connectivity index is 1.95. The maximum Gasteiger partial charge on any atom is 0.435 e. The number of pyridine rings is 1. The molecule has 0 saturated carbocycles. The number of hydrogen-bond donors (Lipinski definition) is 3.